The number of thioether (sulfide) groups is 1. The zero-order valence-corrected chi connectivity index (χ0v) is 18.5. The maximum atomic E-state index is 5.29. The Kier molecular flexibility index (Phi) is 7.01. The van der Waals surface area contributed by atoms with Gasteiger partial charge in [-0.2, -0.15) is 0 Å². The van der Waals surface area contributed by atoms with Gasteiger partial charge in [-0.1, -0.05) is 12.1 Å². The monoisotopic (exact) mass is 411 g/mol. The third-order valence-corrected chi connectivity index (χ3v) is 7.01. The number of anilines is 1. The van der Waals surface area contributed by atoms with Gasteiger partial charge < -0.3 is 9.64 Å². The van der Waals surface area contributed by atoms with Gasteiger partial charge in [-0.05, 0) is 67.6 Å². The molecule has 2 saturated heterocycles. The minimum Gasteiger partial charge on any atom is -0.497 e. The van der Waals surface area contributed by atoms with Gasteiger partial charge in [0.2, 0.25) is 0 Å². The summed E-state index contributed by atoms with van der Waals surface area (Å²) in [6.07, 6.45) is 4.80. The average molecular weight is 412 g/mol. The smallest absolute Gasteiger partial charge is 0.119 e. The van der Waals surface area contributed by atoms with Crippen molar-refractivity contribution in [3.8, 4) is 5.75 Å². The van der Waals surface area contributed by atoms with Gasteiger partial charge >= 0.3 is 0 Å². The molecule has 0 spiro atoms. The lowest BCUT2D eigenvalue weighted by molar-refractivity contribution is 0.0887. The summed E-state index contributed by atoms with van der Waals surface area (Å²) in [7, 11) is 1.72. The van der Waals surface area contributed by atoms with Crippen LogP contribution in [0.25, 0.3) is 0 Å². The molecular formula is C24H33N3OS. The molecule has 0 aromatic heterocycles. The SMILES string of the molecule is COc1ccc(N2CCN([C@H]3CCCN(Cc4cccc(SC)c4)C3)CC2)cc1. The summed E-state index contributed by atoms with van der Waals surface area (Å²) in [5, 5.41) is 0. The average Bonchev–Trinajstić information content (AvgIpc) is 2.79. The number of nitrogens with zero attached hydrogens (tertiary/aromatic N) is 3. The number of likely N-dealkylation sites (tertiary alicyclic amines) is 1. The van der Waals surface area contributed by atoms with Crippen molar-refractivity contribution in [3.05, 3.63) is 54.1 Å². The van der Waals surface area contributed by atoms with E-state index in [0.29, 0.717) is 6.04 Å². The van der Waals surface area contributed by atoms with Crippen molar-refractivity contribution in [2.75, 3.05) is 57.5 Å². The first-order chi connectivity index (χ1) is 14.2. The van der Waals surface area contributed by atoms with Crippen molar-refractivity contribution in [1.82, 2.24) is 9.80 Å². The predicted molar refractivity (Wildman–Crippen MR) is 123 cm³/mol. The largest absolute Gasteiger partial charge is 0.497 e. The van der Waals surface area contributed by atoms with E-state index in [2.05, 4.69) is 69.5 Å². The van der Waals surface area contributed by atoms with Gasteiger partial charge in [-0.3, -0.25) is 9.80 Å². The van der Waals surface area contributed by atoms with Crippen LogP contribution in [0, 0.1) is 0 Å². The van der Waals surface area contributed by atoms with E-state index >= 15 is 0 Å². The van der Waals surface area contributed by atoms with Crippen LogP contribution < -0.4 is 9.64 Å². The fourth-order valence-corrected chi connectivity index (χ4v) is 5.12. The van der Waals surface area contributed by atoms with Gasteiger partial charge in [-0.15, -0.1) is 11.8 Å². The first kappa shape index (κ1) is 20.6. The van der Waals surface area contributed by atoms with Gasteiger partial charge in [0.1, 0.15) is 5.75 Å². The van der Waals surface area contributed by atoms with E-state index in [-0.39, 0.29) is 0 Å². The fraction of sp³-hybridized carbons (Fsp3) is 0.500. The maximum absolute atomic E-state index is 5.29. The Hall–Kier alpha value is -1.69. The van der Waals surface area contributed by atoms with Crippen LogP contribution in [-0.2, 0) is 6.54 Å². The molecule has 1 atom stereocenters. The zero-order chi connectivity index (χ0) is 20.1. The number of piperidine rings is 1. The van der Waals surface area contributed by atoms with Crippen molar-refractivity contribution in [3.63, 3.8) is 0 Å². The Morgan fingerprint density at radius 3 is 2.52 bits per heavy atom. The summed E-state index contributed by atoms with van der Waals surface area (Å²) >= 11 is 1.83. The molecule has 2 fully saturated rings. The molecule has 4 rings (SSSR count). The molecule has 2 aromatic carbocycles. The van der Waals surface area contributed by atoms with Crippen molar-refractivity contribution in [2.24, 2.45) is 0 Å². The minimum absolute atomic E-state index is 0.700. The Morgan fingerprint density at radius 2 is 1.79 bits per heavy atom. The van der Waals surface area contributed by atoms with E-state index in [1.165, 1.54) is 42.1 Å². The first-order valence-electron chi connectivity index (χ1n) is 10.7. The topological polar surface area (TPSA) is 19.0 Å². The molecule has 0 unspecified atom stereocenters. The third kappa shape index (κ3) is 5.27. The molecule has 2 aromatic rings. The second-order valence-electron chi connectivity index (χ2n) is 8.10. The Balaban J connectivity index is 1.30. The molecule has 2 heterocycles. The summed E-state index contributed by atoms with van der Waals surface area (Å²) in [6.45, 7) is 8.05. The van der Waals surface area contributed by atoms with E-state index in [1.807, 2.05) is 11.8 Å². The summed E-state index contributed by atoms with van der Waals surface area (Å²) in [6, 6.07) is 18.2. The van der Waals surface area contributed by atoms with Gasteiger partial charge in [-0.25, -0.2) is 0 Å². The van der Waals surface area contributed by atoms with Crippen molar-refractivity contribution in [1.29, 1.82) is 0 Å². The van der Waals surface area contributed by atoms with Crippen LogP contribution in [0.15, 0.2) is 53.4 Å². The number of piperazine rings is 1. The predicted octanol–water partition coefficient (Wildman–Crippen LogP) is 4.20. The Morgan fingerprint density at radius 1 is 1.00 bits per heavy atom. The summed E-state index contributed by atoms with van der Waals surface area (Å²) in [5.74, 6) is 0.928. The normalized spacial score (nSPS) is 21.3. The fourth-order valence-electron chi connectivity index (χ4n) is 4.64. The highest BCUT2D eigenvalue weighted by Gasteiger charge is 2.28. The third-order valence-electron chi connectivity index (χ3n) is 6.29. The van der Waals surface area contributed by atoms with Crippen LogP contribution in [0.4, 0.5) is 5.69 Å². The Labute approximate surface area is 179 Å². The number of benzene rings is 2. The number of rotatable bonds is 6. The molecule has 0 amide bonds. The van der Waals surface area contributed by atoms with Crippen LogP contribution in [0.1, 0.15) is 18.4 Å². The highest BCUT2D eigenvalue weighted by molar-refractivity contribution is 7.98. The number of ether oxygens (including phenoxy) is 1. The molecule has 0 bridgehead atoms. The van der Waals surface area contributed by atoms with Crippen LogP contribution in [-0.4, -0.2) is 68.5 Å². The van der Waals surface area contributed by atoms with Crippen molar-refractivity contribution < 1.29 is 4.74 Å². The van der Waals surface area contributed by atoms with E-state index in [9.17, 15) is 0 Å². The molecule has 5 heteroatoms. The van der Waals surface area contributed by atoms with Gasteiger partial charge in [0.15, 0.2) is 0 Å². The van der Waals surface area contributed by atoms with Crippen LogP contribution >= 0.6 is 11.8 Å². The minimum atomic E-state index is 0.700. The standard InChI is InChI=1S/C24H33N3OS/c1-28-23-10-8-21(9-11-23)26-13-15-27(16-14-26)22-6-4-12-25(19-22)18-20-5-3-7-24(17-20)29-2/h3,5,7-11,17,22H,4,6,12-16,18-19H2,1-2H3/t22-/m0/s1. The van der Waals surface area contributed by atoms with Crippen molar-refractivity contribution in [2.45, 2.75) is 30.3 Å². The molecule has 0 radical (unpaired) electrons. The van der Waals surface area contributed by atoms with Crippen LogP contribution in [0.5, 0.6) is 5.75 Å². The van der Waals surface area contributed by atoms with Crippen LogP contribution in [0.3, 0.4) is 0 Å². The lowest BCUT2D eigenvalue weighted by Crippen LogP contribution is -2.55. The summed E-state index contributed by atoms with van der Waals surface area (Å²) in [4.78, 5) is 9.25. The molecule has 0 N–H and O–H groups in total. The lowest BCUT2D eigenvalue weighted by atomic mass is 10.0. The summed E-state index contributed by atoms with van der Waals surface area (Å²) in [5.41, 5.74) is 2.76. The first-order valence-corrected chi connectivity index (χ1v) is 12.0. The number of hydrogen-bond donors (Lipinski definition) is 0. The van der Waals surface area contributed by atoms with Crippen molar-refractivity contribution >= 4 is 17.4 Å². The highest BCUT2D eigenvalue weighted by atomic mass is 32.2. The molecule has 4 nitrogen and oxygen atoms in total. The van der Waals surface area contributed by atoms with Gasteiger partial charge in [0, 0.05) is 55.9 Å². The molecule has 0 saturated carbocycles. The second kappa shape index (κ2) is 9.88. The van der Waals surface area contributed by atoms with E-state index < -0.39 is 0 Å². The molecule has 29 heavy (non-hydrogen) atoms. The highest BCUT2D eigenvalue weighted by Crippen LogP contribution is 2.24. The second-order valence-corrected chi connectivity index (χ2v) is 8.98. The van der Waals surface area contributed by atoms with Gasteiger partial charge in [0.05, 0.1) is 7.11 Å². The molecule has 0 aliphatic carbocycles. The quantitative estimate of drug-likeness (QED) is 0.661. The maximum Gasteiger partial charge on any atom is 0.119 e. The molecule has 2 aliphatic rings. The summed E-state index contributed by atoms with van der Waals surface area (Å²) < 4.78 is 5.29. The molecular weight excluding hydrogens is 378 g/mol. The van der Waals surface area contributed by atoms with Crippen LogP contribution in [0.2, 0.25) is 0 Å². The molecule has 2 aliphatic heterocycles. The number of hydrogen-bond acceptors (Lipinski definition) is 5. The van der Waals surface area contributed by atoms with E-state index in [4.69, 9.17) is 4.74 Å². The molecule has 156 valence electrons. The Bertz CT molecular complexity index is 774. The van der Waals surface area contributed by atoms with E-state index in [0.717, 1.165) is 38.5 Å². The lowest BCUT2D eigenvalue weighted by Gasteiger charge is -2.44. The zero-order valence-electron chi connectivity index (χ0n) is 17.7. The number of methoxy groups -OCH3 is 1. The van der Waals surface area contributed by atoms with Gasteiger partial charge in [0.25, 0.3) is 0 Å². The van der Waals surface area contributed by atoms with E-state index in [1.54, 1.807) is 7.11 Å².